The van der Waals surface area contributed by atoms with Crippen molar-refractivity contribution >= 4 is 10.8 Å². The Hall–Kier alpha value is -1.77. The van der Waals surface area contributed by atoms with Crippen molar-refractivity contribution in [3.63, 3.8) is 0 Å². The highest BCUT2D eigenvalue weighted by Crippen LogP contribution is 2.33. The van der Waals surface area contributed by atoms with Crippen molar-refractivity contribution < 1.29 is 10.2 Å². The molecule has 0 fully saturated rings. The molecule has 1 aromatic heterocycles. The van der Waals surface area contributed by atoms with E-state index in [2.05, 4.69) is 4.98 Å². The number of aromatic nitrogens is 1. The summed E-state index contributed by atoms with van der Waals surface area (Å²) < 4.78 is 0. The lowest BCUT2D eigenvalue weighted by atomic mass is 10.1. The fraction of sp³-hybridized carbons (Fsp3) is 0.100. The normalized spacial score (nSPS) is 10.5. The van der Waals surface area contributed by atoms with E-state index in [1.807, 2.05) is 6.92 Å². The van der Waals surface area contributed by atoms with Crippen LogP contribution in [-0.2, 0) is 0 Å². The maximum Gasteiger partial charge on any atom is 0.167 e. The van der Waals surface area contributed by atoms with Crippen LogP contribution in [0.4, 0.5) is 0 Å². The summed E-state index contributed by atoms with van der Waals surface area (Å²) in [4.78, 5) is 3.94. The molecule has 0 saturated heterocycles. The first kappa shape index (κ1) is 7.86. The number of hydrogen-bond acceptors (Lipinski definition) is 3. The summed E-state index contributed by atoms with van der Waals surface area (Å²) in [6.45, 7) is 1.91. The van der Waals surface area contributed by atoms with E-state index in [1.54, 1.807) is 12.3 Å². The van der Waals surface area contributed by atoms with Crippen LogP contribution in [0, 0.1) is 6.92 Å². The van der Waals surface area contributed by atoms with Crippen LogP contribution in [0.1, 0.15) is 5.56 Å². The summed E-state index contributed by atoms with van der Waals surface area (Å²) in [7, 11) is 0. The molecular weight excluding hydrogens is 166 g/mol. The van der Waals surface area contributed by atoms with Crippen LogP contribution in [0.15, 0.2) is 24.5 Å². The highest BCUT2D eigenvalue weighted by molar-refractivity contribution is 5.91. The molecule has 13 heavy (non-hydrogen) atoms. The predicted molar refractivity (Wildman–Crippen MR) is 49.8 cm³/mol. The lowest BCUT2D eigenvalue weighted by molar-refractivity contribution is 0.408. The van der Waals surface area contributed by atoms with Crippen LogP contribution < -0.4 is 0 Å². The summed E-state index contributed by atoms with van der Waals surface area (Å²) in [5.74, 6) is -0.214. The highest BCUT2D eigenvalue weighted by atomic mass is 16.3. The molecule has 1 aromatic carbocycles. The van der Waals surface area contributed by atoms with Crippen LogP contribution in [0.3, 0.4) is 0 Å². The van der Waals surface area contributed by atoms with E-state index >= 15 is 0 Å². The van der Waals surface area contributed by atoms with Crippen molar-refractivity contribution in [1.82, 2.24) is 4.98 Å². The van der Waals surface area contributed by atoms with Gasteiger partial charge in [-0.1, -0.05) is 6.07 Å². The van der Waals surface area contributed by atoms with Crippen molar-refractivity contribution in [3.05, 3.63) is 30.1 Å². The Labute approximate surface area is 75.3 Å². The molecule has 0 saturated carbocycles. The third kappa shape index (κ3) is 1.09. The van der Waals surface area contributed by atoms with Gasteiger partial charge in [0.1, 0.15) is 0 Å². The van der Waals surface area contributed by atoms with Crippen LogP contribution in [0.25, 0.3) is 10.8 Å². The summed E-state index contributed by atoms with van der Waals surface area (Å²) in [5.41, 5.74) is 0.979. The minimum absolute atomic E-state index is 0.103. The van der Waals surface area contributed by atoms with E-state index in [4.69, 9.17) is 0 Å². The largest absolute Gasteiger partial charge is 0.504 e. The average molecular weight is 175 g/mol. The zero-order valence-corrected chi connectivity index (χ0v) is 7.15. The van der Waals surface area contributed by atoms with Gasteiger partial charge in [0.2, 0.25) is 0 Å². The number of phenolic OH excluding ortho intramolecular Hbond substituents is 2. The van der Waals surface area contributed by atoms with Crippen LogP contribution in [0.2, 0.25) is 0 Å². The summed E-state index contributed by atoms with van der Waals surface area (Å²) >= 11 is 0. The number of pyridine rings is 1. The highest BCUT2D eigenvalue weighted by Gasteiger charge is 2.05. The molecule has 0 unspecified atom stereocenters. The number of aromatic hydroxyl groups is 2. The van der Waals surface area contributed by atoms with Crippen LogP contribution in [-0.4, -0.2) is 15.2 Å². The first-order valence-electron chi connectivity index (χ1n) is 3.95. The molecule has 0 spiro atoms. The maximum absolute atomic E-state index is 9.49. The number of fused-ring (bicyclic) bond motifs is 1. The molecule has 0 bridgehead atoms. The van der Waals surface area contributed by atoms with Crippen LogP contribution >= 0.6 is 0 Å². The van der Waals surface area contributed by atoms with Gasteiger partial charge in [-0.3, -0.25) is 4.98 Å². The zero-order chi connectivity index (χ0) is 9.42. The lowest BCUT2D eigenvalue weighted by Gasteiger charge is -2.04. The average Bonchev–Trinajstić information content (AvgIpc) is 2.12. The maximum atomic E-state index is 9.49. The number of nitrogens with zero attached hydrogens (tertiary/aromatic N) is 1. The van der Waals surface area contributed by atoms with E-state index in [0.717, 1.165) is 10.9 Å². The topological polar surface area (TPSA) is 53.4 Å². The molecule has 0 aliphatic heterocycles. The molecular formula is C10H9NO2. The molecule has 0 aliphatic carbocycles. The van der Waals surface area contributed by atoms with Gasteiger partial charge in [-0.2, -0.15) is 0 Å². The van der Waals surface area contributed by atoms with Crippen molar-refractivity contribution in [1.29, 1.82) is 0 Å². The van der Waals surface area contributed by atoms with Crippen molar-refractivity contribution in [2.75, 3.05) is 0 Å². The molecule has 0 atom stereocenters. The molecule has 2 N–H and O–H groups in total. The Morgan fingerprint density at radius 3 is 2.62 bits per heavy atom. The molecule has 3 heteroatoms. The van der Waals surface area contributed by atoms with Gasteiger partial charge in [-0.15, -0.1) is 0 Å². The van der Waals surface area contributed by atoms with E-state index in [9.17, 15) is 10.2 Å². The molecule has 2 aromatic rings. The van der Waals surface area contributed by atoms with Gasteiger partial charge in [0, 0.05) is 17.8 Å². The van der Waals surface area contributed by atoms with Crippen molar-refractivity contribution in [3.8, 4) is 11.5 Å². The van der Waals surface area contributed by atoms with Gasteiger partial charge in [0.25, 0.3) is 0 Å². The quantitative estimate of drug-likeness (QED) is 0.602. The SMILES string of the molecule is Cc1cncc2c(O)c(O)ccc12. The minimum Gasteiger partial charge on any atom is -0.504 e. The Balaban J connectivity index is 2.94. The first-order valence-corrected chi connectivity index (χ1v) is 3.95. The number of rotatable bonds is 0. The number of benzene rings is 1. The van der Waals surface area contributed by atoms with E-state index < -0.39 is 0 Å². The molecule has 3 nitrogen and oxygen atoms in total. The van der Waals surface area contributed by atoms with Crippen molar-refractivity contribution in [2.45, 2.75) is 6.92 Å². The minimum atomic E-state index is -0.111. The second kappa shape index (κ2) is 2.62. The van der Waals surface area contributed by atoms with Crippen molar-refractivity contribution in [2.24, 2.45) is 0 Å². The molecule has 66 valence electrons. The number of aryl methyl sites for hydroxylation is 1. The third-order valence-corrected chi connectivity index (χ3v) is 2.09. The Morgan fingerprint density at radius 2 is 1.85 bits per heavy atom. The number of phenols is 2. The standard InChI is InChI=1S/C10H9NO2/c1-6-4-11-5-8-7(6)2-3-9(12)10(8)13/h2-5,12-13H,1H3. The Morgan fingerprint density at radius 1 is 1.08 bits per heavy atom. The summed E-state index contributed by atoms with van der Waals surface area (Å²) in [5, 5.41) is 20.2. The lowest BCUT2D eigenvalue weighted by Crippen LogP contribution is -1.81. The third-order valence-electron chi connectivity index (χ3n) is 2.09. The van der Waals surface area contributed by atoms with Gasteiger partial charge in [0.15, 0.2) is 11.5 Å². The number of hydrogen-bond donors (Lipinski definition) is 2. The molecule has 0 amide bonds. The molecule has 0 aliphatic rings. The van der Waals surface area contributed by atoms with Gasteiger partial charge < -0.3 is 10.2 Å². The molecule has 1 heterocycles. The summed E-state index contributed by atoms with van der Waals surface area (Å²) in [6.07, 6.45) is 3.26. The van der Waals surface area contributed by atoms with Gasteiger partial charge in [-0.25, -0.2) is 0 Å². The predicted octanol–water partition coefficient (Wildman–Crippen LogP) is 1.95. The second-order valence-electron chi connectivity index (χ2n) is 2.98. The second-order valence-corrected chi connectivity index (χ2v) is 2.98. The molecule has 0 radical (unpaired) electrons. The van der Waals surface area contributed by atoms with E-state index in [-0.39, 0.29) is 11.5 Å². The monoisotopic (exact) mass is 175 g/mol. The first-order chi connectivity index (χ1) is 6.20. The summed E-state index contributed by atoms with van der Waals surface area (Å²) in [6, 6.07) is 3.24. The fourth-order valence-corrected chi connectivity index (χ4v) is 1.36. The Kier molecular flexibility index (Phi) is 1.59. The fourth-order valence-electron chi connectivity index (χ4n) is 1.36. The zero-order valence-electron chi connectivity index (χ0n) is 7.15. The van der Waals surface area contributed by atoms with Gasteiger partial charge in [-0.05, 0) is 23.9 Å². The van der Waals surface area contributed by atoms with Crippen LogP contribution in [0.5, 0.6) is 11.5 Å². The van der Waals surface area contributed by atoms with Gasteiger partial charge >= 0.3 is 0 Å². The van der Waals surface area contributed by atoms with Gasteiger partial charge in [0.05, 0.1) is 0 Å². The smallest absolute Gasteiger partial charge is 0.167 e. The Bertz CT molecular complexity index is 466. The molecule has 2 rings (SSSR count). The van der Waals surface area contributed by atoms with E-state index in [0.29, 0.717) is 5.39 Å². The van der Waals surface area contributed by atoms with E-state index in [1.165, 1.54) is 12.3 Å².